The number of ether oxygens (including phenoxy) is 1. The third kappa shape index (κ3) is 5.43. The molecule has 0 aromatic carbocycles. The average molecular weight is 364 g/mol. The van der Waals surface area contributed by atoms with E-state index in [9.17, 15) is 4.79 Å². The van der Waals surface area contributed by atoms with Crippen LogP contribution in [0.1, 0.15) is 25.1 Å². The first-order valence-corrected chi connectivity index (χ1v) is 8.32. The molecule has 0 N–H and O–H groups in total. The summed E-state index contributed by atoms with van der Waals surface area (Å²) in [5, 5.41) is 8.68. The van der Waals surface area contributed by atoms with Crippen molar-refractivity contribution >= 4 is 69.9 Å². The molecule has 0 spiro atoms. The number of likely N-dealkylation sites (tertiary alicyclic amines) is 1. The van der Waals surface area contributed by atoms with Gasteiger partial charge in [-0.15, -0.1) is 5.10 Å². The van der Waals surface area contributed by atoms with E-state index < -0.39 is 0 Å². The molecule has 2 saturated heterocycles. The summed E-state index contributed by atoms with van der Waals surface area (Å²) in [6.45, 7) is 6.81. The van der Waals surface area contributed by atoms with E-state index in [2.05, 4.69) is 15.1 Å². The quantitative estimate of drug-likeness (QED) is 0.508. The molecule has 2 aliphatic heterocycles. The predicted octanol–water partition coefficient (Wildman–Crippen LogP) is -0.352. The van der Waals surface area contributed by atoms with Gasteiger partial charge in [-0.3, -0.25) is 9.69 Å². The topological polar surface area (TPSA) is 63.5 Å². The van der Waals surface area contributed by atoms with Crippen LogP contribution >= 0.6 is 0 Å². The van der Waals surface area contributed by atoms with Gasteiger partial charge in [0.2, 0.25) is 5.91 Å². The standard InChI is InChI=1S/C14H23N5O2S.K/c20-13-3-1-5-18(13)11-12-15-16-14(22)19(12)6-2-4-17-7-9-21-10-8-17;/h1-11H2,(H,16,22);/p-1. The van der Waals surface area contributed by atoms with Gasteiger partial charge in [-0.05, 0) is 12.8 Å². The predicted molar refractivity (Wildman–Crippen MR) is 87.9 cm³/mol. The van der Waals surface area contributed by atoms with Crippen molar-refractivity contribution in [3.8, 4) is 0 Å². The molecule has 2 aliphatic rings. The van der Waals surface area contributed by atoms with Crippen LogP contribution in [0.2, 0.25) is 0 Å². The van der Waals surface area contributed by atoms with Crippen molar-refractivity contribution in [2.45, 2.75) is 37.5 Å². The van der Waals surface area contributed by atoms with Crippen molar-refractivity contribution in [3.63, 3.8) is 0 Å². The second kappa shape index (κ2) is 9.76. The second-order valence-corrected chi connectivity index (χ2v) is 6.14. The van der Waals surface area contributed by atoms with E-state index in [4.69, 9.17) is 17.4 Å². The Morgan fingerprint density at radius 3 is 2.61 bits per heavy atom. The number of hydrogen-bond acceptors (Lipinski definition) is 6. The van der Waals surface area contributed by atoms with E-state index in [-0.39, 0.29) is 57.3 Å². The number of nitrogens with zero attached hydrogens (tertiary/aromatic N) is 5. The minimum atomic E-state index is 0. The molecule has 0 saturated carbocycles. The zero-order chi connectivity index (χ0) is 15.4. The van der Waals surface area contributed by atoms with Gasteiger partial charge in [0.25, 0.3) is 0 Å². The second-order valence-electron chi connectivity index (χ2n) is 5.78. The molecule has 3 heterocycles. The largest absolute Gasteiger partial charge is 0.740 e. The van der Waals surface area contributed by atoms with E-state index in [0.717, 1.165) is 64.6 Å². The first kappa shape index (κ1) is 19.7. The molecule has 23 heavy (non-hydrogen) atoms. The maximum Gasteiger partial charge on any atom is 0.223 e. The molecule has 1 radical (unpaired) electrons. The molecule has 1 aromatic rings. The molecule has 0 aliphatic carbocycles. The Kier molecular flexibility index (Phi) is 8.36. The Morgan fingerprint density at radius 1 is 1.13 bits per heavy atom. The molecule has 0 bridgehead atoms. The minimum absolute atomic E-state index is 0. The first-order chi connectivity index (χ1) is 10.7. The zero-order valence-corrected chi connectivity index (χ0v) is 17.7. The van der Waals surface area contributed by atoms with Gasteiger partial charge >= 0.3 is 0 Å². The van der Waals surface area contributed by atoms with Crippen molar-refractivity contribution in [3.05, 3.63) is 5.82 Å². The van der Waals surface area contributed by atoms with E-state index in [0.29, 0.717) is 18.1 Å². The maximum absolute atomic E-state index is 11.7. The number of rotatable bonds is 6. The summed E-state index contributed by atoms with van der Waals surface area (Å²) in [6, 6.07) is 0. The van der Waals surface area contributed by atoms with E-state index in [1.165, 1.54) is 0 Å². The fourth-order valence-electron chi connectivity index (χ4n) is 2.98. The summed E-state index contributed by atoms with van der Waals surface area (Å²) < 4.78 is 7.33. The summed E-state index contributed by atoms with van der Waals surface area (Å²) >= 11 is 5.27. The molecule has 1 aromatic heterocycles. The number of carbonyl (C=O) groups is 1. The van der Waals surface area contributed by atoms with Gasteiger partial charge in [0.15, 0.2) is 5.82 Å². The van der Waals surface area contributed by atoms with Crippen molar-refractivity contribution in [2.75, 3.05) is 39.4 Å². The van der Waals surface area contributed by atoms with Crippen LogP contribution in [0.5, 0.6) is 0 Å². The molecular weight excluding hydrogens is 341 g/mol. The third-order valence-electron chi connectivity index (χ3n) is 4.26. The molecule has 1 amide bonds. The molecule has 9 heteroatoms. The van der Waals surface area contributed by atoms with Crippen molar-refractivity contribution in [2.24, 2.45) is 0 Å². The van der Waals surface area contributed by atoms with Crippen LogP contribution in [0, 0.1) is 0 Å². The van der Waals surface area contributed by atoms with E-state index in [1.807, 2.05) is 9.47 Å². The normalized spacial score (nSPS) is 19.1. The Bertz CT molecular complexity index is 521. The molecule has 2 fully saturated rings. The average Bonchev–Trinajstić information content (AvgIpc) is 3.09. The Hall–Kier alpha value is 0.386. The molecule has 3 rings (SSSR count). The third-order valence-corrected chi connectivity index (χ3v) is 4.56. The van der Waals surface area contributed by atoms with Gasteiger partial charge in [-0.1, -0.05) is 0 Å². The Balaban J connectivity index is 0.00000192. The Morgan fingerprint density at radius 2 is 1.91 bits per heavy atom. The van der Waals surface area contributed by atoms with Crippen LogP contribution in [0.4, 0.5) is 0 Å². The molecule has 7 nitrogen and oxygen atoms in total. The molecule has 0 atom stereocenters. The van der Waals surface area contributed by atoms with E-state index in [1.54, 1.807) is 0 Å². The van der Waals surface area contributed by atoms with Crippen LogP contribution in [-0.4, -0.2) is 121 Å². The first-order valence-electron chi connectivity index (χ1n) is 7.91. The maximum atomic E-state index is 11.7. The number of carbonyl (C=O) groups excluding carboxylic acids is 1. The summed E-state index contributed by atoms with van der Waals surface area (Å²) in [5.74, 6) is 1.01. The van der Waals surface area contributed by atoms with Crippen molar-refractivity contribution < 1.29 is 9.53 Å². The summed E-state index contributed by atoms with van der Waals surface area (Å²) in [6.07, 6.45) is 2.58. The van der Waals surface area contributed by atoms with Crippen LogP contribution in [0.25, 0.3) is 0 Å². The Labute approximate surface area is 184 Å². The number of amides is 1. The zero-order valence-electron chi connectivity index (χ0n) is 13.7. The SMILES string of the molecule is O=C1CCCN1Cc1nnc([S-])n1CCCN1CCOCC1.[K]. The molecule has 0 unspecified atom stereocenters. The van der Waals surface area contributed by atoms with Crippen molar-refractivity contribution in [1.29, 1.82) is 0 Å². The van der Waals surface area contributed by atoms with Gasteiger partial charge in [-0.25, -0.2) is 0 Å². The van der Waals surface area contributed by atoms with Gasteiger partial charge in [-0.2, -0.15) is 5.10 Å². The van der Waals surface area contributed by atoms with Gasteiger partial charge in [0, 0.05) is 95.7 Å². The number of aromatic nitrogens is 3. The van der Waals surface area contributed by atoms with E-state index >= 15 is 0 Å². The minimum Gasteiger partial charge on any atom is -0.740 e. The van der Waals surface area contributed by atoms with Crippen LogP contribution in [0.3, 0.4) is 0 Å². The summed E-state index contributed by atoms with van der Waals surface area (Å²) in [7, 11) is 0. The van der Waals surface area contributed by atoms with Gasteiger partial charge < -0.3 is 26.8 Å². The van der Waals surface area contributed by atoms with Crippen LogP contribution in [-0.2, 0) is 35.2 Å². The van der Waals surface area contributed by atoms with Crippen LogP contribution < -0.4 is 0 Å². The monoisotopic (exact) mass is 363 g/mol. The molecule has 123 valence electrons. The fourth-order valence-corrected chi connectivity index (χ4v) is 3.22. The summed E-state index contributed by atoms with van der Waals surface area (Å²) in [4.78, 5) is 16.0. The van der Waals surface area contributed by atoms with Crippen molar-refractivity contribution in [1.82, 2.24) is 24.6 Å². The molecular formula is C14H22KN5O2S-. The van der Waals surface area contributed by atoms with Gasteiger partial charge in [0.1, 0.15) is 0 Å². The smallest absolute Gasteiger partial charge is 0.223 e. The number of hydrogen-bond donors (Lipinski definition) is 0. The number of morpholine rings is 1. The fraction of sp³-hybridized carbons (Fsp3) is 0.786. The van der Waals surface area contributed by atoms with Crippen LogP contribution in [0.15, 0.2) is 5.16 Å². The summed E-state index contributed by atoms with van der Waals surface area (Å²) in [5.41, 5.74) is 0. The van der Waals surface area contributed by atoms with Gasteiger partial charge in [0.05, 0.1) is 19.8 Å².